The summed E-state index contributed by atoms with van der Waals surface area (Å²) < 4.78 is 6.58. The van der Waals surface area contributed by atoms with Crippen LogP contribution in [0.3, 0.4) is 0 Å². The van der Waals surface area contributed by atoms with Crippen molar-refractivity contribution in [3.8, 4) is 11.5 Å². The second-order valence-electron chi connectivity index (χ2n) is 3.86. The molecule has 3 rings (SSSR count). The Morgan fingerprint density at radius 3 is 2.78 bits per heavy atom. The number of aromatic nitrogens is 4. The Bertz CT molecular complexity index is 686. The fourth-order valence-corrected chi connectivity index (χ4v) is 1.96. The van der Waals surface area contributed by atoms with Gasteiger partial charge in [-0.25, -0.2) is 9.61 Å². The van der Waals surface area contributed by atoms with Crippen LogP contribution >= 0.6 is 0 Å². The summed E-state index contributed by atoms with van der Waals surface area (Å²) in [5.41, 5.74) is 13.6. The van der Waals surface area contributed by atoms with Crippen molar-refractivity contribution in [2.45, 2.75) is 6.54 Å². The number of para-hydroxylation sites is 2. The maximum Gasteiger partial charge on any atom is 0.199 e. The Labute approximate surface area is 102 Å². The van der Waals surface area contributed by atoms with Gasteiger partial charge in [0, 0.05) is 13.1 Å². The van der Waals surface area contributed by atoms with Crippen LogP contribution in [0.5, 0.6) is 0 Å². The summed E-state index contributed by atoms with van der Waals surface area (Å²) in [5.74, 6) is 0.851. The Morgan fingerprint density at radius 1 is 1.22 bits per heavy atom. The minimum absolute atomic E-state index is 0.226. The lowest BCUT2D eigenvalue weighted by molar-refractivity contribution is 0.310. The largest absolute Gasteiger partial charge is 0.379 e. The first kappa shape index (κ1) is 10.7. The number of anilines is 1. The SMILES string of the molecule is NCCn1c(-c2nonc2N)nc2ccccc21. The summed E-state index contributed by atoms with van der Waals surface area (Å²) in [7, 11) is 0. The minimum atomic E-state index is 0.226. The number of nitrogens with two attached hydrogens (primary N) is 2. The van der Waals surface area contributed by atoms with Crippen molar-refractivity contribution >= 4 is 16.9 Å². The number of nitrogen functional groups attached to an aromatic ring is 1. The van der Waals surface area contributed by atoms with Crippen LogP contribution < -0.4 is 11.5 Å². The first-order valence-corrected chi connectivity index (χ1v) is 5.55. The molecule has 0 saturated carbocycles. The van der Waals surface area contributed by atoms with Crippen molar-refractivity contribution in [2.75, 3.05) is 12.3 Å². The molecular weight excluding hydrogens is 232 g/mol. The first-order chi connectivity index (χ1) is 8.81. The lowest BCUT2D eigenvalue weighted by Gasteiger charge is -2.05. The van der Waals surface area contributed by atoms with Gasteiger partial charge in [0.15, 0.2) is 17.3 Å². The number of imidazole rings is 1. The molecule has 2 aromatic heterocycles. The van der Waals surface area contributed by atoms with Gasteiger partial charge in [-0.05, 0) is 22.4 Å². The molecule has 0 aliphatic rings. The summed E-state index contributed by atoms with van der Waals surface area (Å²) >= 11 is 0. The normalized spacial score (nSPS) is 11.2. The third kappa shape index (κ3) is 1.52. The van der Waals surface area contributed by atoms with Gasteiger partial charge >= 0.3 is 0 Å². The number of nitrogens with zero attached hydrogens (tertiary/aromatic N) is 4. The molecule has 2 heterocycles. The van der Waals surface area contributed by atoms with E-state index in [9.17, 15) is 0 Å². The summed E-state index contributed by atoms with van der Waals surface area (Å²) in [6, 6.07) is 7.78. The van der Waals surface area contributed by atoms with Gasteiger partial charge < -0.3 is 16.0 Å². The van der Waals surface area contributed by atoms with Gasteiger partial charge in [0.1, 0.15) is 0 Å². The smallest absolute Gasteiger partial charge is 0.199 e. The second-order valence-corrected chi connectivity index (χ2v) is 3.86. The Balaban J connectivity index is 2.28. The summed E-state index contributed by atoms with van der Waals surface area (Å²) in [6.45, 7) is 1.13. The van der Waals surface area contributed by atoms with Crippen molar-refractivity contribution in [2.24, 2.45) is 5.73 Å². The first-order valence-electron chi connectivity index (χ1n) is 5.55. The molecule has 1 aromatic carbocycles. The van der Waals surface area contributed by atoms with E-state index in [2.05, 4.69) is 19.9 Å². The standard InChI is InChI=1S/C11H12N6O/c12-5-6-17-8-4-2-1-3-7(8)14-11(17)9-10(13)16-18-15-9/h1-4H,5-6,12H2,(H2,13,16). The molecule has 0 saturated heterocycles. The Kier molecular flexibility index (Phi) is 2.45. The molecule has 0 unspecified atom stereocenters. The highest BCUT2D eigenvalue weighted by Crippen LogP contribution is 2.26. The molecule has 3 aromatic rings. The lowest BCUT2D eigenvalue weighted by Crippen LogP contribution is -2.11. The molecule has 7 nitrogen and oxygen atoms in total. The van der Waals surface area contributed by atoms with Crippen LogP contribution in [-0.2, 0) is 6.54 Å². The predicted molar refractivity (Wildman–Crippen MR) is 66.5 cm³/mol. The quantitative estimate of drug-likeness (QED) is 0.699. The summed E-state index contributed by atoms with van der Waals surface area (Å²) in [4.78, 5) is 4.50. The molecule has 7 heteroatoms. The van der Waals surface area contributed by atoms with Crippen LogP contribution in [0, 0.1) is 0 Å². The molecule has 18 heavy (non-hydrogen) atoms. The average molecular weight is 244 g/mol. The molecule has 0 spiro atoms. The molecule has 0 radical (unpaired) electrons. The van der Waals surface area contributed by atoms with Gasteiger partial charge in [0.25, 0.3) is 0 Å². The summed E-state index contributed by atoms with van der Waals surface area (Å²) in [6.07, 6.45) is 0. The van der Waals surface area contributed by atoms with Gasteiger partial charge in [0.05, 0.1) is 11.0 Å². The molecule has 92 valence electrons. The van der Waals surface area contributed by atoms with Crippen LogP contribution in [0.4, 0.5) is 5.82 Å². The van der Waals surface area contributed by atoms with Crippen LogP contribution in [0.25, 0.3) is 22.6 Å². The number of fused-ring (bicyclic) bond motifs is 1. The zero-order valence-electron chi connectivity index (χ0n) is 9.58. The highest BCUT2D eigenvalue weighted by Gasteiger charge is 2.18. The fraction of sp³-hybridized carbons (Fsp3) is 0.182. The van der Waals surface area contributed by atoms with Gasteiger partial charge in [0.2, 0.25) is 0 Å². The third-order valence-electron chi connectivity index (χ3n) is 2.73. The van der Waals surface area contributed by atoms with E-state index in [1.807, 2.05) is 28.8 Å². The Morgan fingerprint density at radius 2 is 2.06 bits per heavy atom. The van der Waals surface area contributed by atoms with Gasteiger partial charge in [-0.2, -0.15) is 0 Å². The zero-order chi connectivity index (χ0) is 12.5. The maximum absolute atomic E-state index is 5.71. The van der Waals surface area contributed by atoms with Crippen LogP contribution in [0.15, 0.2) is 28.9 Å². The number of rotatable bonds is 3. The van der Waals surface area contributed by atoms with E-state index in [-0.39, 0.29) is 5.82 Å². The van der Waals surface area contributed by atoms with Crippen LogP contribution in [-0.4, -0.2) is 26.4 Å². The van der Waals surface area contributed by atoms with Gasteiger partial charge in [-0.15, -0.1) is 0 Å². The van der Waals surface area contributed by atoms with Crippen molar-refractivity contribution in [3.63, 3.8) is 0 Å². The zero-order valence-corrected chi connectivity index (χ0v) is 9.58. The van der Waals surface area contributed by atoms with E-state index in [4.69, 9.17) is 11.5 Å². The van der Waals surface area contributed by atoms with Gasteiger partial charge in [-0.1, -0.05) is 12.1 Å². The third-order valence-corrected chi connectivity index (χ3v) is 2.73. The minimum Gasteiger partial charge on any atom is -0.379 e. The van der Waals surface area contributed by atoms with Crippen LogP contribution in [0.1, 0.15) is 0 Å². The van der Waals surface area contributed by atoms with Crippen LogP contribution in [0.2, 0.25) is 0 Å². The second kappa shape index (κ2) is 4.11. The van der Waals surface area contributed by atoms with E-state index < -0.39 is 0 Å². The molecule has 0 aliphatic carbocycles. The summed E-state index contributed by atoms with van der Waals surface area (Å²) in [5, 5.41) is 7.36. The highest BCUT2D eigenvalue weighted by atomic mass is 16.6. The monoisotopic (exact) mass is 244 g/mol. The number of hydrogen-bond donors (Lipinski definition) is 2. The average Bonchev–Trinajstić information content (AvgIpc) is 2.94. The van der Waals surface area contributed by atoms with E-state index in [1.165, 1.54) is 0 Å². The van der Waals surface area contributed by atoms with E-state index >= 15 is 0 Å². The molecule has 0 aliphatic heterocycles. The van der Waals surface area contributed by atoms with Crippen molar-refractivity contribution < 1.29 is 4.63 Å². The molecule has 0 fully saturated rings. The fourth-order valence-electron chi connectivity index (χ4n) is 1.96. The highest BCUT2D eigenvalue weighted by molar-refractivity contribution is 5.81. The van der Waals surface area contributed by atoms with E-state index in [1.54, 1.807) is 0 Å². The number of benzene rings is 1. The molecule has 0 amide bonds. The number of hydrogen-bond acceptors (Lipinski definition) is 6. The topological polar surface area (TPSA) is 109 Å². The molecule has 0 bridgehead atoms. The Hall–Kier alpha value is -2.41. The van der Waals surface area contributed by atoms with Gasteiger partial charge in [-0.3, -0.25) is 0 Å². The van der Waals surface area contributed by atoms with Crippen molar-refractivity contribution in [1.82, 2.24) is 19.9 Å². The predicted octanol–water partition coefficient (Wildman–Crippen LogP) is 0.627. The van der Waals surface area contributed by atoms with Crippen molar-refractivity contribution in [1.29, 1.82) is 0 Å². The lowest BCUT2D eigenvalue weighted by atomic mass is 10.3. The van der Waals surface area contributed by atoms with E-state index in [0.717, 1.165) is 11.0 Å². The molecular formula is C11H12N6O. The molecule has 4 N–H and O–H groups in total. The molecule has 0 atom stereocenters. The van der Waals surface area contributed by atoms with Crippen molar-refractivity contribution in [3.05, 3.63) is 24.3 Å². The maximum atomic E-state index is 5.71. The van der Waals surface area contributed by atoms with E-state index in [0.29, 0.717) is 24.6 Å².